The highest BCUT2D eigenvalue weighted by molar-refractivity contribution is 6.04. The molecule has 1 heterocycles. The van der Waals surface area contributed by atoms with Crippen molar-refractivity contribution in [2.24, 2.45) is 0 Å². The fourth-order valence-corrected chi connectivity index (χ4v) is 3.01. The first-order valence-electron chi connectivity index (χ1n) is 8.87. The van der Waals surface area contributed by atoms with E-state index in [0.717, 1.165) is 5.56 Å². The number of halogens is 1. The Morgan fingerprint density at radius 2 is 1.85 bits per heavy atom. The lowest BCUT2D eigenvalue weighted by molar-refractivity contribution is 0.0940. The van der Waals surface area contributed by atoms with Crippen molar-refractivity contribution < 1.29 is 9.18 Å². The van der Waals surface area contributed by atoms with Gasteiger partial charge in [-0.15, -0.1) is 0 Å². The summed E-state index contributed by atoms with van der Waals surface area (Å²) in [4.78, 5) is 25.2. The summed E-state index contributed by atoms with van der Waals surface area (Å²) in [6, 6.07) is 13.3. The lowest BCUT2D eigenvalue weighted by Gasteiger charge is -2.25. The predicted molar refractivity (Wildman–Crippen MR) is 103 cm³/mol. The van der Waals surface area contributed by atoms with Crippen molar-refractivity contribution in [3.8, 4) is 0 Å². The van der Waals surface area contributed by atoms with Gasteiger partial charge in [0.2, 0.25) is 0 Å². The lowest BCUT2D eigenvalue weighted by atomic mass is 9.84. The van der Waals surface area contributed by atoms with Gasteiger partial charge in [-0.1, -0.05) is 44.2 Å². The van der Waals surface area contributed by atoms with Gasteiger partial charge in [-0.25, -0.2) is 9.07 Å². The van der Waals surface area contributed by atoms with E-state index >= 15 is 0 Å². The van der Waals surface area contributed by atoms with E-state index in [-0.39, 0.29) is 23.0 Å². The van der Waals surface area contributed by atoms with Crippen molar-refractivity contribution in [3.05, 3.63) is 76.0 Å². The number of nitrogens with one attached hydrogen (secondary N) is 1. The van der Waals surface area contributed by atoms with E-state index in [1.807, 2.05) is 19.9 Å². The second-order valence-electron chi connectivity index (χ2n) is 7.09. The molecule has 2 aromatic carbocycles. The van der Waals surface area contributed by atoms with Crippen LogP contribution in [0.1, 0.15) is 36.8 Å². The van der Waals surface area contributed by atoms with Crippen molar-refractivity contribution in [1.29, 1.82) is 0 Å². The van der Waals surface area contributed by atoms with Crippen LogP contribution in [0.3, 0.4) is 0 Å². The maximum Gasteiger partial charge on any atom is 0.274 e. The van der Waals surface area contributed by atoms with Gasteiger partial charge < -0.3 is 5.32 Å². The third kappa shape index (κ3) is 3.74. The number of hydrogen-bond donors (Lipinski definition) is 1. The Bertz CT molecular complexity index is 1060. The molecule has 0 aliphatic rings. The maximum absolute atomic E-state index is 13.5. The molecule has 6 heteroatoms. The standard InChI is InChI=1S/C21H22FN3O2/c1-4-25-20(27)17-11-6-5-10-16(17)18(24-25)19(26)23-13-21(2,3)14-8-7-9-15(22)12-14/h5-12H,4,13H2,1-3H3,(H,23,26). The number of aryl methyl sites for hydroxylation is 1. The van der Waals surface area contributed by atoms with Crippen molar-refractivity contribution in [2.45, 2.75) is 32.7 Å². The Balaban J connectivity index is 1.91. The molecule has 140 valence electrons. The molecule has 3 rings (SSSR count). The second-order valence-corrected chi connectivity index (χ2v) is 7.09. The van der Waals surface area contributed by atoms with Gasteiger partial charge in [-0.2, -0.15) is 5.10 Å². The molecule has 0 aliphatic carbocycles. The van der Waals surface area contributed by atoms with Gasteiger partial charge in [0, 0.05) is 23.9 Å². The minimum atomic E-state index is -0.466. The summed E-state index contributed by atoms with van der Waals surface area (Å²) in [6.07, 6.45) is 0. The topological polar surface area (TPSA) is 64.0 Å². The molecule has 0 aliphatic heterocycles. The quantitative estimate of drug-likeness (QED) is 0.753. The first kappa shape index (κ1) is 18.8. The molecule has 0 atom stereocenters. The number of amides is 1. The third-order valence-corrected chi connectivity index (χ3v) is 4.68. The van der Waals surface area contributed by atoms with Gasteiger partial charge in [0.25, 0.3) is 11.5 Å². The Hall–Kier alpha value is -3.02. The van der Waals surface area contributed by atoms with E-state index in [9.17, 15) is 14.0 Å². The zero-order valence-corrected chi connectivity index (χ0v) is 15.6. The number of nitrogens with zero attached hydrogens (tertiary/aromatic N) is 2. The Labute approximate surface area is 156 Å². The molecule has 3 aromatic rings. The van der Waals surface area contributed by atoms with E-state index in [1.165, 1.54) is 16.8 Å². The Morgan fingerprint density at radius 1 is 1.15 bits per heavy atom. The number of rotatable bonds is 5. The molecule has 0 fully saturated rings. The first-order valence-corrected chi connectivity index (χ1v) is 8.87. The number of carbonyl (C=O) groups is 1. The minimum absolute atomic E-state index is 0.210. The summed E-state index contributed by atoms with van der Waals surface area (Å²) in [6.45, 7) is 6.34. The largest absolute Gasteiger partial charge is 0.350 e. The van der Waals surface area contributed by atoms with Crippen LogP contribution in [0.2, 0.25) is 0 Å². The SMILES string of the molecule is CCn1nc(C(=O)NCC(C)(C)c2cccc(F)c2)c2ccccc2c1=O. The third-order valence-electron chi connectivity index (χ3n) is 4.68. The Kier molecular flexibility index (Phi) is 5.08. The van der Waals surface area contributed by atoms with E-state index in [1.54, 1.807) is 37.3 Å². The molecule has 0 bridgehead atoms. The van der Waals surface area contributed by atoms with Gasteiger partial charge in [0.1, 0.15) is 5.82 Å². The number of hydrogen-bond acceptors (Lipinski definition) is 3. The molecule has 1 aromatic heterocycles. The molecule has 0 unspecified atom stereocenters. The average Bonchev–Trinajstić information content (AvgIpc) is 2.67. The number of aromatic nitrogens is 2. The van der Waals surface area contributed by atoms with Crippen LogP contribution < -0.4 is 10.9 Å². The van der Waals surface area contributed by atoms with Gasteiger partial charge >= 0.3 is 0 Å². The number of benzene rings is 2. The molecule has 0 spiro atoms. The lowest BCUT2D eigenvalue weighted by Crippen LogP contribution is -2.38. The summed E-state index contributed by atoms with van der Waals surface area (Å²) in [7, 11) is 0. The van der Waals surface area contributed by atoms with Crippen LogP contribution in [0.4, 0.5) is 4.39 Å². The molecule has 0 saturated heterocycles. The van der Waals surface area contributed by atoms with Crippen LogP contribution in [0.25, 0.3) is 10.8 Å². The molecule has 27 heavy (non-hydrogen) atoms. The van der Waals surface area contributed by atoms with Crippen LogP contribution >= 0.6 is 0 Å². The highest BCUT2D eigenvalue weighted by atomic mass is 19.1. The van der Waals surface area contributed by atoms with Crippen molar-refractivity contribution in [3.63, 3.8) is 0 Å². The van der Waals surface area contributed by atoms with Gasteiger partial charge in [0.05, 0.1) is 5.39 Å². The van der Waals surface area contributed by atoms with Crippen molar-refractivity contribution in [2.75, 3.05) is 6.54 Å². The zero-order chi connectivity index (χ0) is 19.6. The predicted octanol–water partition coefficient (Wildman–Crippen LogP) is 3.26. The summed E-state index contributed by atoms with van der Waals surface area (Å²) in [5, 5.41) is 8.10. The van der Waals surface area contributed by atoms with Gasteiger partial charge in [-0.05, 0) is 30.7 Å². The van der Waals surface area contributed by atoms with Crippen molar-refractivity contribution in [1.82, 2.24) is 15.1 Å². The van der Waals surface area contributed by atoms with E-state index in [2.05, 4.69) is 10.4 Å². The highest BCUT2D eigenvalue weighted by Gasteiger charge is 2.24. The van der Waals surface area contributed by atoms with Gasteiger partial charge in [-0.3, -0.25) is 9.59 Å². The zero-order valence-electron chi connectivity index (χ0n) is 15.6. The monoisotopic (exact) mass is 367 g/mol. The number of fused-ring (bicyclic) bond motifs is 1. The number of carbonyl (C=O) groups excluding carboxylic acids is 1. The molecule has 1 amide bonds. The summed E-state index contributed by atoms with van der Waals surface area (Å²) < 4.78 is 14.8. The fraction of sp³-hybridized carbons (Fsp3) is 0.286. The molecular weight excluding hydrogens is 345 g/mol. The molecule has 5 nitrogen and oxygen atoms in total. The maximum atomic E-state index is 13.5. The van der Waals surface area contributed by atoms with Gasteiger partial charge in [0.15, 0.2) is 5.69 Å². The summed E-state index contributed by atoms with van der Waals surface area (Å²) >= 11 is 0. The fourth-order valence-electron chi connectivity index (χ4n) is 3.01. The molecular formula is C21H22FN3O2. The van der Waals surface area contributed by atoms with E-state index in [4.69, 9.17) is 0 Å². The van der Waals surface area contributed by atoms with E-state index < -0.39 is 5.41 Å². The highest BCUT2D eigenvalue weighted by Crippen LogP contribution is 2.23. The summed E-state index contributed by atoms with van der Waals surface area (Å²) in [5.74, 6) is -0.674. The first-order chi connectivity index (χ1) is 12.8. The Morgan fingerprint density at radius 3 is 2.52 bits per heavy atom. The van der Waals surface area contributed by atoms with E-state index in [0.29, 0.717) is 23.9 Å². The van der Waals surface area contributed by atoms with Crippen LogP contribution in [0, 0.1) is 5.82 Å². The van der Waals surface area contributed by atoms with Crippen LogP contribution in [-0.4, -0.2) is 22.2 Å². The minimum Gasteiger partial charge on any atom is -0.350 e. The molecule has 0 saturated carbocycles. The molecule has 0 radical (unpaired) electrons. The molecule has 1 N–H and O–H groups in total. The summed E-state index contributed by atoms with van der Waals surface area (Å²) in [5.41, 5.74) is 0.318. The van der Waals surface area contributed by atoms with Crippen LogP contribution in [-0.2, 0) is 12.0 Å². The second kappa shape index (κ2) is 7.31. The van der Waals surface area contributed by atoms with Crippen LogP contribution in [0.5, 0.6) is 0 Å². The smallest absolute Gasteiger partial charge is 0.274 e. The van der Waals surface area contributed by atoms with Crippen LogP contribution in [0.15, 0.2) is 53.3 Å². The average molecular weight is 367 g/mol. The van der Waals surface area contributed by atoms with Crippen molar-refractivity contribution >= 4 is 16.7 Å². The normalized spacial score (nSPS) is 11.6.